The first-order chi connectivity index (χ1) is 6.29. The fraction of sp³-hybridized carbons (Fsp3) is 1.00. The lowest BCUT2D eigenvalue weighted by Gasteiger charge is -2.24. The van der Waals surface area contributed by atoms with Gasteiger partial charge < -0.3 is 5.32 Å². The van der Waals surface area contributed by atoms with Crippen molar-refractivity contribution in [1.82, 2.24) is 10.2 Å². The smallest absolute Gasteiger partial charge is 0.0204 e. The summed E-state index contributed by atoms with van der Waals surface area (Å²) in [7, 11) is 2.08. The molecule has 2 fully saturated rings. The van der Waals surface area contributed by atoms with Gasteiger partial charge in [-0.25, -0.2) is 0 Å². The molecule has 2 rings (SSSR count). The maximum Gasteiger partial charge on any atom is 0.0204 e. The van der Waals surface area contributed by atoms with Crippen LogP contribution in [-0.2, 0) is 0 Å². The lowest BCUT2D eigenvalue weighted by Crippen LogP contribution is -2.35. The number of likely N-dealkylation sites (N-methyl/N-ethyl adjacent to an activating group) is 1. The molecule has 1 aliphatic carbocycles. The lowest BCUT2D eigenvalue weighted by molar-refractivity contribution is 0.234. The average Bonchev–Trinajstić information content (AvgIpc) is 2.82. The van der Waals surface area contributed by atoms with Gasteiger partial charge in [0.1, 0.15) is 0 Å². The minimum atomic E-state index is 0.752. The van der Waals surface area contributed by atoms with E-state index in [1.54, 1.807) is 0 Å². The topological polar surface area (TPSA) is 15.3 Å². The number of hydrogen-bond acceptors (Lipinski definition) is 2. The third kappa shape index (κ3) is 2.44. The molecule has 1 heterocycles. The summed E-state index contributed by atoms with van der Waals surface area (Å²) >= 11 is 0. The molecule has 0 aromatic rings. The Morgan fingerprint density at radius 1 is 1.38 bits per heavy atom. The van der Waals surface area contributed by atoms with Crippen molar-refractivity contribution in [3.05, 3.63) is 0 Å². The first-order valence-electron chi connectivity index (χ1n) is 5.71. The molecule has 2 unspecified atom stereocenters. The summed E-state index contributed by atoms with van der Waals surface area (Å²) in [5.74, 6) is 1.07. The molecule has 2 atom stereocenters. The predicted octanol–water partition coefficient (Wildman–Crippen LogP) is 1.47. The maximum atomic E-state index is 3.38. The largest absolute Gasteiger partial charge is 0.316 e. The average molecular weight is 182 g/mol. The van der Waals surface area contributed by atoms with E-state index >= 15 is 0 Å². The van der Waals surface area contributed by atoms with Gasteiger partial charge in [0.2, 0.25) is 0 Å². The molecule has 0 aromatic carbocycles. The van der Waals surface area contributed by atoms with Crippen LogP contribution in [0.5, 0.6) is 0 Å². The third-order valence-corrected chi connectivity index (χ3v) is 3.62. The minimum Gasteiger partial charge on any atom is -0.316 e. The van der Waals surface area contributed by atoms with Crippen molar-refractivity contribution in [3.8, 4) is 0 Å². The van der Waals surface area contributed by atoms with E-state index in [1.165, 1.54) is 38.8 Å². The second-order valence-corrected chi connectivity index (χ2v) is 4.80. The molecule has 0 radical (unpaired) electrons. The molecular weight excluding hydrogens is 160 g/mol. The summed E-state index contributed by atoms with van der Waals surface area (Å²) < 4.78 is 0. The van der Waals surface area contributed by atoms with Crippen molar-refractivity contribution >= 4 is 0 Å². The van der Waals surface area contributed by atoms with E-state index in [0.29, 0.717) is 0 Å². The summed E-state index contributed by atoms with van der Waals surface area (Å²) in [5, 5.41) is 3.38. The molecule has 2 nitrogen and oxygen atoms in total. The van der Waals surface area contributed by atoms with Crippen molar-refractivity contribution in [2.24, 2.45) is 5.92 Å². The second kappa shape index (κ2) is 3.97. The fourth-order valence-electron chi connectivity index (χ4n) is 2.41. The van der Waals surface area contributed by atoms with Gasteiger partial charge in [-0.2, -0.15) is 0 Å². The Balaban J connectivity index is 1.73. The van der Waals surface area contributed by atoms with Crippen LogP contribution in [0.4, 0.5) is 0 Å². The van der Waals surface area contributed by atoms with E-state index in [2.05, 4.69) is 24.2 Å². The summed E-state index contributed by atoms with van der Waals surface area (Å²) in [4.78, 5) is 2.65. The zero-order valence-electron chi connectivity index (χ0n) is 8.92. The van der Waals surface area contributed by atoms with Crippen molar-refractivity contribution in [1.29, 1.82) is 0 Å². The van der Waals surface area contributed by atoms with Crippen molar-refractivity contribution in [2.45, 2.75) is 44.7 Å². The third-order valence-electron chi connectivity index (χ3n) is 3.62. The van der Waals surface area contributed by atoms with Gasteiger partial charge in [-0.05, 0) is 32.7 Å². The molecule has 1 saturated carbocycles. The molecule has 0 aromatic heterocycles. The Morgan fingerprint density at radius 2 is 2.15 bits per heavy atom. The Labute approximate surface area is 81.7 Å². The first kappa shape index (κ1) is 9.47. The molecule has 1 N–H and O–H groups in total. The Morgan fingerprint density at radius 3 is 2.69 bits per heavy atom. The molecular formula is C11H22N2. The van der Waals surface area contributed by atoms with E-state index in [4.69, 9.17) is 0 Å². The molecule has 1 aliphatic heterocycles. The Kier molecular flexibility index (Phi) is 2.89. The molecule has 2 aliphatic rings. The molecule has 2 heteroatoms. The Hall–Kier alpha value is -0.0800. The number of nitrogens with zero attached hydrogens (tertiary/aromatic N) is 1. The van der Waals surface area contributed by atoms with Crippen LogP contribution in [0.2, 0.25) is 0 Å². The highest BCUT2D eigenvalue weighted by Crippen LogP contribution is 2.35. The zero-order chi connectivity index (χ0) is 9.26. The van der Waals surface area contributed by atoms with E-state index in [0.717, 1.165) is 18.0 Å². The van der Waals surface area contributed by atoms with Gasteiger partial charge in [-0.1, -0.05) is 12.8 Å². The van der Waals surface area contributed by atoms with Gasteiger partial charge in [0, 0.05) is 25.2 Å². The Bertz CT molecular complexity index is 165. The standard InChI is InChI=1S/C11H22N2/c1-9(7-10-3-4-10)13-6-5-11(8-13)12-2/h9-12H,3-8H2,1-2H3. The minimum absolute atomic E-state index is 0.752. The highest BCUT2D eigenvalue weighted by molar-refractivity contribution is 4.86. The van der Waals surface area contributed by atoms with Crippen molar-refractivity contribution in [2.75, 3.05) is 20.1 Å². The fourth-order valence-corrected chi connectivity index (χ4v) is 2.41. The summed E-state index contributed by atoms with van der Waals surface area (Å²) in [6.07, 6.45) is 5.77. The van der Waals surface area contributed by atoms with E-state index in [-0.39, 0.29) is 0 Å². The van der Waals surface area contributed by atoms with Crippen LogP contribution in [0.25, 0.3) is 0 Å². The monoisotopic (exact) mass is 182 g/mol. The zero-order valence-corrected chi connectivity index (χ0v) is 8.92. The van der Waals surface area contributed by atoms with Gasteiger partial charge in [0.25, 0.3) is 0 Å². The van der Waals surface area contributed by atoms with E-state index in [9.17, 15) is 0 Å². The summed E-state index contributed by atoms with van der Waals surface area (Å²) in [6, 6.07) is 1.58. The van der Waals surface area contributed by atoms with Crippen LogP contribution in [0.15, 0.2) is 0 Å². The van der Waals surface area contributed by atoms with Gasteiger partial charge in [-0.3, -0.25) is 4.90 Å². The maximum absolute atomic E-state index is 3.38. The van der Waals surface area contributed by atoms with Gasteiger partial charge in [0.05, 0.1) is 0 Å². The van der Waals surface area contributed by atoms with E-state index < -0.39 is 0 Å². The van der Waals surface area contributed by atoms with Crippen LogP contribution in [-0.4, -0.2) is 37.1 Å². The second-order valence-electron chi connectivity index (χ2n) is 4.80. The SMILES string of the molecule is CNC1CCN(C(C)CC2CC2)C1. The molecule has 1 saturated heterocycles. The normalized spacial score (nSPS) is 32.3. The molecule has 76 valence electrons. The predicted molar refractivity (Wildman–Crippen MR) is 55.8 cm³/mol. The highest BCUT2D eigenvalue weighted by Gasteiger charge is 2.29. The number of hydrogen-bond donors (Lipinski definition) is 1. The van der Waals surface area contributed by atoms with Crippen LogP contribution in [0, 0.1) is 5.92 Å². The van der Waals surface area contributed by atoms with Crippen LogP contribution in [0.1, 0.15) is 32.6 Å². The first-order valence-corrected chi connectivity index (χ1v) is 5.71. The van der Waals surface area contributed by atoms with Gasteiger partial charge >= 0.3 is 0 Å². The van der Waals surface area contributed by atoms with Crippen molar-refractivity contribution < 1.29 is 0 Å². The van der Waals surface area contributed by atoms with Crippen LogP contribution >= 0.6 is 0 Å². The number of rotatable bonds is 4. The number of likely N-dealkylation sites (tertiary alicyclic amines) is 1. The molecule has 0 amide bonds. The summed E-state index contributed by atoms with van der Waals surface area (Å²) in [5.41, 5.74) is 0. The molecule has 13 heavy (non-hydrogen) atoms. The summed E-state index contributed by atoms with van der Waals surface area (Å²) in [6.45, 7) is 4.97. The lowest BCUT2D eigenvalue weighted by atomic mass is 10.1. The highest BCUT2D eigenvalue weighted by atomic mass is 15.2. The molecule has 0 spiro atoms. The van der Waals surface area contributed by atoms with E-state index in [1.807, 2.05) is 0 Å². The quantitative estimate of drug-likeness (QED) is 0.708. The molecule has 0 bridgehead atoms. The van der Waals surface area contributed by atoms with Crippen LogP contribution < -0.4 is 5.32 Å². The van der Waals surface area contributed by atoms with Gasteiger partial charge in [-0.15, -0.1) is 0 Å². The van der Waals surface area contributed by atoms with Crippen LogP contribution in [0.3, 0.4) is 0 Å². The number of nitrogens with one attached hydrogen (secondary N) is 1. The van der Waals surface area contributed by atoms with Gasteiger partial charge in [0.15, 0.2) is 0 Å². The van der Waals surface area contributed by atoms with Crippen molar-refractivity contribution in [3.63, 3.8) is 0 Å².